The van der Waals surface area contributed by atoms with Crippen LogP contribution < -0.4 is 16.0 Å². The average molecular weight is 340 g/mol. The molecule has 118 valence electrons. The summed E-state index contributed by atoms with van der Waals surface area (Å²) in [5, 5.41) is 1.96. The van der Waals surface area contributed by atoms with Gasteiger partial charge >= 0.3 is 0 Å². The number of rotatable bonds is 2. The van der Waals surface area contributed by atoms with E-state index in [0.29, 0.717) is 4.91 Å². The van der Waals surface area contributed by atoms with Crippen LogP contribution in [0.3, 0.4) is 0 Å². The Balaban J connectivity index is 0.00000176. The van der Waals surface area contributed by atoms with Crippen LogP contribution in [0.25, 0.3) is 6.08 Å². The van der Waals surface area contributed by atoms with Crippen molar-refractivity contribution in [2.75, 3.05) is 18.0 Å². The molecule has 0 aliphatic carbocycles. The fourth-order valence-electron chi connectivity index (χ4n) is 2.69. The van der Waals surface area contributed by atoms with Gasteiger partial charge in [-0.1, -0.05) is 18.2 Å². The average Bonchev–Trinajstić information content (AvgIpc) is 2.77. The fourth-order valence-corrected chi connectivity index (χ4v) is 3.36. The van der Waals surface area contributed by atoms with Crippen LogP contribution in [0.2, 0.25) is 0 Å². The van der Waals surface area contributed by atoms with Gasteiger partial charge in [-0.25, -0.2) is 0 Å². The molecule has 0 radical (unpaired) electrons. The molecule has 1 aromatic carbocycles. The van der Waals surface area contributed by atoms with E-state index >= 15 is 0 Å². The van der Waals surface area contributed by atoms with E-state index < -0.39 is 0 Å². The van der Waals surface area contributed by atoms with Crippen molar-refractivity contribution in [1.29, 1.82) is 0 Å². The molecule has 1 aromatic rings. The fraction of sp³-hybridized carbons (Fsp3) is 0.333. The molecule has 2 fully saturated rings. The first-order chi connectivity index (χ1) is 10.1. The summed E-state index contributed by atoms with van der Waals surface area (Å²) in [6.45, 7) is 1.78. The maximum absolute atomic E-state index is 11.7. The number of nitrogens with zero attached hydrogens (tertiary/aromatic N) is 1. The van der Waals surface area contributed by atoms with Crippen molar-refractivity contribution < 1.29 is 9.59 Å². The highest BCUT2D eigenvalue weighted by molar-refractivity contribution is 8.18. The summed E-state index contributed by atoms with van der Waals surface area (Å²) in [6, 6.07) is 8.08. The number of halogens is 1. The Morgan fingerprint density at radius 3 is 2.77 bits per heavy atom. The van der Waals surface area contributed by atoms with Gasteiger partial charge < -0.3 is 10.6 Å². The number of carbonyl (C=O) groups is 2. The van der Waals surface area contributed by atoms with Crippen molar-refractivity contribution in [3.63, 3.8) is 0 Å². The van der Waals surface area contributed by atoms with Gasteiger partial charge in [0.05, 0.1) is 4.91 Å². The number of carbonyl (C=O) groups excluding carboxylic acids is 2. The largest absolute Gasteiger partial charge is 0.369 e. The molecule has 3 rings (SSSR count). The number of piperidine rings is 1. The first-order valence-electron chi connectivity index (χ1n) is 6.98. The Morgan fingerprint density at radius 2 is 2.09 bits per heavy atom. The van der Waals surface area contributed by atoms with Gasteiger partial charge in [-0.2, -0.15) is 0 Å². The summed E-state index contributed by atoms with van der Waals surface area (Å²) in [7, 11) is 0. The monoisotopic (exact) mass is 339 g/mol. The highest BCUT2D eigenvalue weighted by atomic mass is 35.5. The van der Waals surface area contributed by atoms with E-state index in [4.69, 9.17) is 5.73 Å². The van der Waals surface area contributed by atoms with Gasteiger partial charge in [-0.3, -0.25) is 14.9 Å². The Bertz CT molecular complexity index is 621. The SMILES string of the molecule is Cl.NC1CCCN(c2ccccc2/C=C2/SC(=O)NC2=O)C1. The molecular weight excluding hydrogens is 322 g/mol. The normalized spacial score (nSPS) is 23.4. The number of benzene rings is 1. The number of hydrogen-bond donors (Lipinski definition) is 2. The number of amides is 2. The van der Waals surface area contributed by atoms with Crippen LogP contribution in [-0.4, -0.2) is 30.3 Å². The number of nitrogens with two attached hydrogens (primary N) is 1. The number of nitrogens with one attached hydrogen (secondary N) is 1. The highest BCUT2D eigenvalue weighted by Crippen LogP contribution is 2.30. The second kappa shape index (κ2) is 7.17. The number of anilines is 1. The molecule has 2 aliphatic rings. The third-order valence-corrected chi connectivity index (χ3v) is 4.47. The minimum absolute atomic E-state index is 0. The highest BCUT2D eigenvalue weighted by Gasteiger charge is 2.26. The molecule has 0 bridgehead atoms. The lowest BCUT2D eigenvalue weighted by Crippen LogP contribution is -2.43. The Hall–Kier alpha value is -1.50. The standard InChI is InChI=1S/C15H17N3O2S.ClH/c16-11-5-3-7-18(9-11)12-6-2-1-4-10(12)8-13-14(19)17-15(20)21-13;/h1-2,4,6,8,11H,3,5,7,9,16H2,(H,17,19,20);1H/b13-8+;. The van der Waals surface area contributed by atoms with E-state index in [9.17, 15) is 9.59 Å². The predicted molar refractivity (Wildman–Crippen MR) is 92.2 cm³/mol. The van der Waals surface area contributed by atoms with Gasteiger partial charge in [0.25, 0.3) is 11.1 Å². The number of thioether (sulfide) groups is 1. The molecule has 0 spiro atoms. The number of hydrogen-bond acceptors (Lipinski definition) is 5. The van der Waals surface area contributed by atoms with Crippen LogP contribution in [0.4, 0.5) is 10.5 Å². The van der Waals surface area contributed by atoms with E-state index in [1.165, 1.54) is 0 Å². The summed E-state index contributed by atoms with van der Waals surface area (Å²) < 4.78 is 0. The lowest BCUT2D eigenvalue weighted by atomic mass is 10.0. The minimum atomic E-state index is -0.324. The van der Waals surface area contributed by atoms with E-state index in [1.54, 1.807) is 6.08 Å². The van der Waals surface area contributed by atoms with Gasteiger partial charge in [-0.15, -0.1) is 12.4 Å². The molecule has 2 amide bonds. The van der Waals surface area contributed by atoms with E-state index in [0.717, 1.165) is 48.9 Å². The molecule has 2 saturated heterocycles. The topological polar surface area (TPSA) is 75.4 Å². The number of imide groups is 1. The molecule has 0 aromatic heterocycles. The second-order valence-electron chi connectivity index (χ2n) is 5.26. The van der Waals surface area contributed by atoms with E-state index in [-0.39, 0.29) is 29.6 Å². The van der Waals surface area contributed by atoms with Crippen LogP contribution in [-0.2, 0) is 4.79 Å². The van der Waals surface area contributed by atoms with Gasteiger partial charge in [0, 0.05) is 24.8 Å². The third-order valence-electron chi connectivity index (χ3n) is 3.66. The van der Waals surface area contributed by atoms with Gasteiger partial charge in [0.1, 0.15) is 0 Å². The molecule has 1 unspecified atom stereocenters. The Labute approximate surface area is 139 Å². The summed E-state index contributed by atoms with van der Waals surface area (Å²) in [4.78, 5) is 25.6. The van der Waals surface area contributed by atoms with Crippen molar-refractivity contribution in [3.05, 3.63) is 34.7 Å². The summed E-state index contributed by atoms with van der Waals surface area (Å²) in [5.41, 5.74) is 8.05. The Morgan fingerprint density at radius 1 is 1.32 bits per heavy atom. The van der Waals surface area contributed by atoms with Crippen LogP contribution in [0, 0.1) is 0 Å². The maximum Gasteiger partial charge on any atom is 0.290 e. The maximum atomic E-state index is 11.7. The minimum Gasteiger partial charge on any atom is -0.369 e. The number of para-hydroxylation sites is 1. The van der Waals surface area contributed by atoms with Crippen molar-refractivity contribution in [3.8, 4) is 0 Å². The van der Waals surface area contributed by atoms with Gasteiger partial charge in [0.15, 0.2) is 0 Å². The molecule has 22 heavy (non-hydrogen) atoms. The smallest absolute Gasteiger partial charge is 0.290 e. The summed E-state index contributed by atoms with van der Waals surface area (Å²) in [5.74, 6) is -0.324. The summed E-state index contributed by atoms with van der Waals surface area (Å²) in [6.07, 6.45) is 3.90. The first-order valence-corrected chi connectivity index (χ1v) is 7.79. The van der Waals surface area contributed by atoms with Gasteiger partial charge in [0.2, 0.25) is 0 Å². The Kier molecular flexibility index (Phi) is 5.50. The predicted octanol–water partition coefficient (Wildman–Crippen LogP) is 2.36. The van der Waals surface area contributed by atoms with E-state index in [2.05, 4.69) is 10.2 Å². The molecule has 7 heteroatoms. The van der Waals surface area contributed by atoms with E-state index in [1.807, 2.05) is 24.3 Å². The lowest BCUT2D eigenvalue weighted by molar-refractivity contribution is -0.115. The van der Waals surface area contributed by atoms with Crippen molar-refractivity contribution in [1.82, 2.24) is 5.32 Å². The molecule has 3 N–H and O–H groups in total. The molecular formula is C15H18ClN3O2S. The van der Waals surface area contributed by atoms with Crippen molar-refractivity contribution >= 4 is 47.1 Å². The zero-order valence-electron chi connectivity index (χ0n) is 12.0. The third kappa shape index (κ3) is 3.63. The quantitative estimate of drug-likeness (QED) is 0.809. The first kappa shape index (κ1) is 16.9. The lowest BCUT2D eigenvalue weighted by Gasteiger charge is -2.33. The molecule has 2 aliphatic heterocycles. The molecule has 0 saturated carbocycles. The molecule has 2 heterocycles. The molecule has 5 nitrogen and oxygen atoms in total. The van der Waals surface area contributed by atoms with Crippen molar-refractivity contribution in [2.45, 2.75) is 18.9 Å². The van der Waals surface area contributed by atoms with Gasteiger partial charge in [-0.05, 0) is 42.3 Å². The second-order valence-corrected chi connectivity index (χ2v) is 6.27. The van der Waals surface area contributed by atoms with Crippen LogP contribution >= 0.6 is 24.2 Å². The van der Waals surface area contributed by atoms with Crippen LogP contribution in [0.15, 0.2) is 29.2 Å². The zero-order valence-corrected chi connectivity index (χ0v) is 13.6. The summed E-state index contributed by atoms with van der Waals surface area (Å²) >= 11 is 0.943. The zero-order chi connectivity index (χ0) is 14.8. The van der Waals surface area contributed by atoms with Crippen LogP contribution in [0.1, 0.15) is 18.4 Å². The molecule has 1 atom stereocenters. The van der Waals surface area contributed by atoms with Crippen molar-refractivity contribution in [2.24, 2.45) is 5.73 Å². The van der Waals surface area contributed by atoms with Crippen LogP contribution in [0.5, 0.6) is 0 Å².